The zero-order chi connectivity index (χ0) is 14.8. The van der Waals surface area contributed by atoms with Gasteiger partial charge in [-0.2, -0.15) is 0 Å². The predicted octanol–water partition coefficient (Wildman–Crippen LogP) is 2.26. The van der Waals surface area contributed by atoms with Gasteiger partial charge in [-0.05, 0) is 30.4 Å². The molecule has 1 aliphatic carbocycles. The molecule has 1 aromatic rings. The molecule has 1 N–H and O–H groups in total. The van der Waals surface area contributed by atoms with Crippen molar-refractivity contribution in [1.29, 1.82) is 0 Å². The zero-order valence-electron chi connectivity index (χ0n) is 13.6. The van der Waals surface area contributed by atoms with Crippen molar-refractivity contribution < 1.29 is 0 Å². The number of nitrogens with zero attached hydrogens (tertiary/aromatic N) is 2. The molecule has 1 aromatic carbocycles. The second kappa shape index (κ2) is 6.69. The average Bonchev–Trinajstić information content (AvgIpc) is 3.10. The molecule has 0 amide bonds. The Hall–Kier alpha value is -0.900. The standard InChI is InChI=1S/C19H29N3/c1-2-6-17-14-20-18(13-16(17)5-1)15-21-9-11-22(12-10-21)19-7-3-4-8-19/h1-2,5-6,18-20H,3-4,7-15H2/t18-/m0/s1. The molecule has 2 fully saturated rings. The molecule has 4 rings (SSSR count). The Morgan fingerprint density at radius 1 is 0.955 bits per heavy atom. The SMILES string of the molecule is c1ccc2c(c1)CN[C@H](CN1CCN(C3CCCC3)CC1)C2. The summed E-state index contributed by atoms with van der Waals surface area (Å²) in [5.41, 5.74) is 3.04. The molecule has 1 saturated carbocycles. The third-order valence-electron chi connectivity index (χ3n) is 5.89. The van der Waals surface area contributed by atoms with Crippen LogP contribution in [0.25, 0.3) is 0 Å². The Kier molecular flexibility index (Phi) is 4.47. The van der Waals surface area contributed by atoms with Crippen LogP contribution < -0.4 is 5.32 Å². The van der Waals surface area contributed by atoms with Gasteiger partial charge in [0.2, 0.25) is 0 Å². The largest absolute Gasteiger partial charge is 0.308 e. The van der Waals surface area contributed by atoms with Gasteiger partial charge in [0.1, 0.15) is 0 Å². The summed E-state index contributed by atoms with van der Waals surface area (Å²) >= 11 is 0. The van der Waals surface area contributed by atoms with Gasteiger partial charge in [0, 0.05) is 51.4 Å². The number of rotatable bonds is 3. The van der Waals surface area contributed by atoms with E-state index in [9.17, 15) is 0 Å². The molecule has 2 aliphatic heterocycles. The molecule has 3 nitrogen and oxygen atoms in total. The van der Waals surface area contributed by atoms with E-state index in [0.717, 1.165) is 12.6 Å². The van der Waals surface area contributed by atoms with Crippen LogP contribution in [0.2, 0.25) is 0 Å². The van der Waals surface area contributed by atoms with Gasteiger partial charge in [-0.1, -0.05) is 37.1 Å². The van der Waals surface area contributed by atoms with Crippen molar-refractivity contribution in [1.82, 2.24) is 15.1 Å². The number of nitrogens with one attached hydrogen (secondary N) is 1. The fourth-order valence-electron chi connectivity index (χ4n) is 4.54. The number of benzene rings is 1. The summed E-state index contributed by atoms with van der Waals surface area (Å²) in [6, 6.07) is 10.4. The molecule has 0 unspecified atom stereocenters. The maximum Gasteiger partial charge on any atom is 0.0238 e. The molecule has 3 aliphatic rings. The molecule has 2 heterocycles. The summed E-state index contributed by atoms with van der Waals surface area (Å²) in [4.78, 5) is 5.43. The van der Waals surface area contributed by atoms with E-state index in [1.165, 1.54) is 70.4 Å². The molecule has 0 aromatic heterocycles. The number of hydrogen-bond donors (Lipinski definition) is 1. The van der Waals surface area contributed by atoms with Gasteiger partial charge >= 0.3 is 0 Å². The van der Waals surface area contributed by atoms with E-state index in [0.29, 0.717) is 6.04 Å². The van der Waals surface area contributed by atoms with Crippen LogP contribution in [0.3, 0.4) is 0 Å². The molecule has 0 radical (unpaired) electrons. The summed E-state index contributed by atoms with van der Waals surface area (Å²) in [6.45, 7) is 7.35. The summed E-state index contributed by atoms with van der Waals surface area (Å²) in [5, 5.41) is 3.73. The average molecular weight is 299 g/mol. The lowest BCUT2D eigenvalue weighted by Crippen LogP contribution is -2.53. The van der Waals surface area contributed by atoms with Crippen molar-refractivity contribution >= 4 is 0 Å². The van der Waals surface area contributed by atoms with Crippen molar-refractivity contribution in [3.8, 4) is 0 Å². The van der Waals surface area contributed by atoms with Gasteiger partial charge in [-0.25, -0.2) is 0 Å². The van der Waals surface area contributed by atoms with Crippen LogP contribution >= 0.6 is 0 Å². The molecule has 0 spiro atoms. The summed E-state index contributed by atoms with van der Waals surface area (Å²) in [7, 11) is 0. The summed E-state index contributed by atoms with van der Waals surface area (Å²) in [5.74, 6) is 0. The monoisotopic (exact) mass is 299 g/mol. The minimum absolute atomic E-state index is 0.632. The minimum Gasteiger partial charge on any atom is -0.308 e. The minimum atomic E-state index is 0.632. The molecule has 22 heavy (non-hydrogen) atoms. The predicted molar refractivity (Wildman–Crippen MR) is 91.0 cm³/mol. The van der Waals surface area contributed by atoms with E-state index in [1.807, 2.05) is 0 Å². The van der Waals surface area contributed by atoms with E-state index in [1.54, 1.807) is 5.56 Å². The number of piperazine rings is 1. The molecular weight excluding hydrogens is 270 g/mol. The molecule has 1 atom stereocenters. The van der Waals surface area contributed by atoms with Crippen LogP contribution in [0.5, 0.6) is 0 Å². The second-order valence-corrected chi connectivity index (χ2v) is 7.33. The number of hydrogen-bond acceptors (Lipinski definition) is 3. The highest BCUT2D eigenvalue weighted by atomic mass is 15.3. The second-order valence-electron chi connectivity index (χ2n) is 7.33. The van der Waals surface area contributed by atoms with Crippen LogP contribution in [0, 0.1) is 0 Å². The molecule has 1 saturated heterocycles. The summed E-state index contributed by atoms with van der Waals surface area (Å²) in [6.07, 6.45) is 6.99. The van der Waals surface area contributed by atoms with E-state index < -0.39 is 0 Å². The van der Waals surface area contributed by atoms with E-state index >= 15 is 0 Å². The van der Waals surface area contributed by atoms with Crippen molar-refractivity contribution in [2.75, 3.05) is 32.7 Å². The fraction of sp³-hybridized carbons (Fsp3) is 0.684. The van der Waals surface area contributed by atoms with Crippen LogP contribution in [-0.4, -0.2) is 54.6 Å². The maximum absolute atomic E-state index is 3.73. The van der Waals surface area contributed by atoms with Crippen LogP contribution in [0.15, 0.2) is 24.3 Å². The van der Waals surface area contributed by atoms with Gasteiger partial charge in [-0.15, -0.1) is 0 Å². The first-order chi connectivity index (χ1) is 10.9. The lowest BCUT2D eigenvalue weighted by molar-refractivity contribution is 0.0906. The first-order valence-corrected chi connectivity index (χ1v) is 9.15. The van der Waals surface area contributed by atoms with Crippen molar-refractivity contribution in [3.05, 3.63) is 35.4 Å². The number of fused-ring (bicyclic) bond motifs is 1. The van der Waals surface area contributed by atoms with Gasteiger partial charge in [-0.3, -0.25) is 9.80 Å². The van der Waals surface area contributed by atoms with Crippen molar-refractivity contribution in [3.63, 3.8) is 0 Å². The smallest absolute Gasteiger partial charge is 0.0238 e. The Morgan fingerprint density at radius 3 is 2.45 bits per heavy atom. The molecule has 120 valence electrons. The molecule has 3 heteroatoms. The highest BCUT2D eigenvalue weighted by Crippen LogP contribution is 2.24. The van der Waals surface area contributed by atoms with Crippen LogP contribution in [0.1, 0.15) is 36.8 Å². The van der Waals surface area contributed by atoms with Gasteiger partial charge < -0.3 is 5.32 Å². The quantitative estimate of drug-likeness (QED) is 0.923. The topological polar surface area (TPSA) is 18.5 Å². The van der Waals surface area contributed by atoms with Crippen LogP contribution in [-0.2, 0) is 13.0 Å². The van der Waals surface area contributed by atoms with Gasteiger partial charge in [0.05, 0.1) is 0 Å². The maximum atomic E-state index is 3.73. The Balaban J connectivity index is 1.27. The Bertz CT molecular complexity index is 487. The Morgan fingerprint density at radius 2 is 1.68 bits per heavy atom. The lowest BCUT2D eigenvalue weighted by atomic mass is 9.95. The Labute approximate surface area is 134 Å². The lowest BCUT2D eigenvalue weighted by Gasteiger charge is -2.40. The normalized spacial score (nSPS) is 27.9. The van der Waals surface area contributed by atoms with E-state index in [4.69, 9.17) is 0 Å². The van der Waals surface area contributed by atoms with Crippen molar-refractivity contribution in [2.45, 2.75) is 50.7 Å². The first-order valence-electron chi connectivity index (χ1n) is 9.15. The third-order valence-corrected chi connectivity index (χ3v) is 5.89. The molecule has 0 bridgehead atoms. The summed E-state index contributed by atoms with van der Waals surface area (Å²) < 4.78 is 0. The van der Waals surface area contributed by atoms with Gasteiger partial charge in [0.15, 0.2) is 0 Å². The fourth-order valence-corrected chi connectivity index (χ4v) is 4.54. The highest BCUT2D eigenvalue weighted by Gasteiger charge is 2.27. The van der Waals surface area contributed by atoms with Crippen molar-refractivity contribution in [2.24, 2.45) is 0 Å². The third kappa shape index (κ3) is 3.22. The van der Waals surface area contributed by atoms with Crippen LogP contribution in [0.4, 0.5) is 0 Å². The highest BCUT2D eigenvalue weighted by molar-refractivity contribution is 5.29. The van der Waals surface area contributed by atoms with E-state index in [2.05, 4.69) is 39.4 Å². The first kappa shape index (κ1) is 14.7. The zero-order valence-corrected chi connectivity index (χ0v) is 13.6. The van der Waals surface area contributed by atoms with E-state index in [-0.39, 0.29) is 0 Å². The molecular formula is C19H29N3. The van der Waals surface area contributed by atoms with Gasteiger partial charge in [0.25, 0.3) is 0 Å².